The van der Waals surface area contributed by atoms with Crippen LogP contribution < -0.4 is 5.32 Å². The van der Waals surface area contributed by atoms with E-state index in [-0.39, 0.29) is 18.1 Å². The molecule has 1 aliphatic rings. The zero-order valence-electron chi connectivity index (χ0n) is 11.9. The summed E-state index contributed by atoms with van der Waals surface area (Å²) in [5.41, 5.74) is 1.30. The van der Waals surface area contributed by atoms with Gasteiger partial charge in [0.1, 0.15) is 5.03 Å². The second-order valence-corrected chi connectivity index (χ2v) is 6.14. The van der Waals surface area contributed by atoms with Gasteiger partial charge in [-0.15, -0.1) is 24.2 Å². The number of piperidine rings is 1. The Morgan fingerprint density at radius 3 is 2.95 bits per heavy atom. The van der Waals surface area contributed by atoms with Crippen LogP contribution in [0.2, 0.25) is 0 Å². The minimum absolute atomic E-state index is 0. The fraction of sp³-hybridized carbons (Fsp3) is 0.429. The monoisotopic (exact) mass is 340 g/mol. The molecule has 0 amide bonds. The Morgan fingerprint density at radius 2 is 2.23 bits per heavy atom. The lowest BCUT2D eigenvalue weighted by Crippen LogP contribution is -2.35. The Hall–Kier alpha value is -1.44. The van der Waals surface area contributed by atoms with Gasteiger partial charge in [-0.1, -0.05) is 6.42 Å². The first kappa shape index (κ1) is 16.9. The Kier molecular flexibility index (Phi) is 5.93. The molecule has 0 aliphatic carbocycles. The molecule has 1 saturated heterocycles. The summed E-state index contributed by atoms with van der Waals surface area (Å²) < 4.78 is 0. The quantitative estimate of drug-likeness (QED) is 0.523. The van der Waals surface area contributed by atoms with Crippen LogP contribution in [-0.2, 0) is 0 Å². The molecule has 2 heterocycles. The second kappa shape index (κ2) is 7.71. The molecule has 1 aromatic heterocycles. The van der Waals surface area contributed by atoms with Crippen molar-refractivity contribution in [1.29, 1.82) is 0 Å². The molecule has 1 N–H and O–H groups in total. The maximum absolute atomic E-state index is 10.7. The summed E-state index contributed by atoms with van der Waals surface area (Å²) in [6, 6.07) is 5.12. The maximum atomic E-state index is 10.7. The molecule has 0 radical (unpaired) electrons. The number of benzene rings is 1. The number of hydrogen-bond donors (Lipinski definition) is 1. The Bertz CT molecular complexity index is 664. The highest BCUT2D eigenvalue weighted by molar-refractivity contribution is 7.99. The zero-order chi connectivity index (χ0) is 14.7. The fourth-order valence-electron chi connectivity index (χ4n) is 2.42. The third kappa shape index (κ3) is 4.06. The molecule has 2 aromatic rings. The zero-order valence-corrected chi connectivity index (χ0v) is 13.5. The van der Waals surface area contributed by atoms with Crippen LogP contribution in [0.1, 0.15) is 19.3 Å². The summed E-state index contributed by atoms with van der Waals surface area (Å²) in [5, 5.41) is 15.1. The molecular weight excluding hydrogens is 324 g/mol. The van der Waals surface area contributed by atoms with Crippen molar-refractivity contribution in [1.82, 2.24) is 15.3 Å². The Morgan fingerprint density at radius 1 is 1.36 bits per heavy atom. The number of nitrogens with one attached hydrogen (secondary N) is 1. The van der Waals surface area contributed by atoms with Crippen molar-refractivity contribution < 1.29 is 4.92 Å². The van der Waals surface area contributed by atoms with Gasteiger partial charge in [-0.05, 0) is 25.5 Å². The van der Waals surface area contributed by atoms with Gasteiger partial charge in [-0.2, -0.15) is 0 Å². The summed E-state index contributed by atoms with van der Waals surface area (Å²) in [4.78, 5) is 19.1. The highest BCUT2D eigenvalue weighted by Crippen LogP contribution is 2.23. The molecular formula is C14H17ClN4O2S. The van der Waals surface area contributed by atoms with Crippen molar-refractivity contribution in [3.05, 3.63) is 34.5 Å². The molecule has 1 atom stereocenters. The van der Waals surface area contributed by atoms with Gasteiger partial charge in [0.25, 0.3) is 5.69 Å². The van der Waals surface area contributed by atoms with E-state index in [0.29, 0.717) is 17.1 Å². The van der Waals surface area contributed by atoms with Crippen LogP contribution in [0.5, 0.6) is 0 Å². The number of halogens is 1. The molecule has 118 valence electrons. The molecule has 1 fully saturated rings. The predicted octanol–water partition coefficient (Wildman–Crippen LogP) is 3.19. The minimum Gasteiger partial charge on any atom is -0.313 e. The lowest BCUT2D eigenvalue weighted by molar-refractivity contribution is -0.384. The summed E-state index contributed by atoms with van der Waals surface area (Å²) in [6.07, 6.45) is 5.45. The molecule has 0 saturated carbocycles. The maximum Gasteiger partial charge on any atom is 0.271 e. The average Bonchev–Trinajstić information content (AvgIpc) is 2.53. The van der Waals surface area contributed by atoms with Crippen LogP contribution in [0, 0.1) is 10.1 Å². The number of aromatic nitrogens is 2. The number of non-ortho nitro benzene ring substituents is 1. The van der Waals surface area contributed by atoms with Crippen LogP contribution in [0.25, 0.3) is 11.0 Å². The van der Waals surface area contributed by atoms with Crippen LogP contribution in [-0.4, -0.2) is 33.2 Å². The smallest absolute Gasteiger partial charge is 0.271 e. The van der Waals surface area contributed by atoms with Crippen LogP contribution in [0.4, 0.5) is 5.69 Å². The van der Waals surface area contributed by atoms with Crippen molar-refractivity contribution >= 4 is 40.9 Å². The van der Waals surface area contributed by atoms with Crippen LogP contribution in [0.15, 0.2) is 29.4 Å². The number of nitro benzene ring substituents is 1. The topological polar surface area (TPSA) is 81.0 Å². The van der Waals surface area contributed by atoms with Crippen molar-refractivity contribution in [3.63, 3.8) is 0 Å². The van der Waals surface area contributed by atoms with Gasteiger partial charge >= 0.3 is 0 Å². The molecule has 3 rings (SSSR count). The highest BCUT2D eigenvalue weighted by Gasteiger charge is 2.13. The van der Waals surface area contributed by atoms with E-state index >= 15 is 0 Å². The molecule has 0 spiro atoms. The standard InChI is InChI=1S/C14H16N4O2S.ClH/c19-18(20)11-4-5-12-13(7-11)16-8-14(17-12)21-9-10-3-1-2-6-15-10;/h4-5,7-8,10,15H,1-3,6,9H2;1H. The van der Waals surface area contributed by atoms with E-state index in [1.807, 2.05) is 0 Å². The van der Waals surface area contributed by atoms with Gasteiger partial charge in [0.15, 0.2) is 0 Å². The van der Waals surface area contributed by atoms with Gasteiger partial charge in [-0.25, -0.2) is 4.98 Å². The third-order valence-corrected chi connectivity index (χ3v) is 4.62. The number of nitrogens with zero attached hydrogens (tertiary/aromatic N) is 3. The Labute approximate surface area is 138 Å². The van der Waals surface area contributed by atoms with Crippen LogP contribution >= 0.6 is 24.2 Å². The van der Waals surface area contributed by atoms with E-state index in [0.717, 1.165) is 17.3 Å². The van der Waals surface area contributed by atoms with E-state index in [1.54, 1.807) is 24.0 Å². The SMILES string of the molecule is Cl.O=[N+]([O-])c1ccc2nc(SCC3CCCCN3)cnc2c1. The third-order valence-electron chi connectivity index (χ3n) is 3.56. The molecule has 22 heavy (non-hydrogen) atoms. The van der Waals surface area contributed by atoms with Crippen LogP contribution in [0.3, 0.4) is 0 Å². The Balaban J connectivity index is 0.00000176. The fourth-order valence-corrected chi connectivity index (χ4v) is 3.36. The summed E-state index contributed by atoms with van der Waals surface area (Å²) in [6.45, 7) is 1.10. The number of thioether (sulfide) groups is 1. The molecule has 6 nitrogen and oxygen atoms in total. The largest absolute Gasteiger partial charge is 0.313 e. The predicted molar refractivity (Wildman–Crippen MR) is 89.8 cm³/mol. The van der Waals surface area contributed by atoms with Crippen molar-refractivity contribution in [2.45, 2.75) is 30.3 Å². The molecule has 8 heteroatoms. The highest BCUT2D eigenvalue weighted by atomic mass is 35.5. The first-order valence-corrected chi connectivity index (χ1v) is 7.98. The van der Waals surface area contributed by atoms with E-state index in [4.69, 9.17) is 0 Å². The van der Waals surface area contributed by atoms with Gasteiger partial charge in [0, 0.05) is 23.9 Å². The number of nitro groups is 1. The van der Waals surface area contributed by atoms with E-state index in [2.05, 4.69) is 15.3 Å². The van der Waals surface area contributed by atoms with Gasteiger partial charge in [0.2, 0.25) is 0 Å². The van der Waals surface area contributed by atoms with Crippen molar-refractivity contribution in [2.24, 2.45) is 0 Å². The summed E-state index contributed by atoms with van der Waals surface area (Å²) in [7, 11) is 0. The summed E-state index contributed by atoms with van der Waals surface area (Å²) >= 11 is 1.68. The van der Waals surface area contributed by atoms with Crippen molar-refractivity contribution in [3.8, 4) is 0 Å². The minimum atomic E-state index is -0.418. The van der Waals surface area contributed by atoms with E-state index in [1.165, 1.54) is 31.4 Å². The number of rotatable bonds is 4. The molecule has 0 bridgehead atoms. The number of hydrogen-bond acceptors (Lipinski definition) is 6. The molecule has 1 aliphatic heterocycles. The average molecular weight is 341 g/mol. The molecule has 1 aromatic carbocycles. The van der Waals surface area contributed by atoms with Crippen molar-refractivity contribution in [2.75, 3.05) is 12.3 Å². The lowest BCUT2D eigenvalue weighted by Gasteiger charge is -2.22. The lowest BCUT2D eigenvalue weighted by atomic mass is 10.1. The van der Waals surface area contributed by atoms with E-state index < -0.39 is 4.92 Å². The second-order valence-electron chi connectivity index (χ2n) is 5.10. The van der Waals surface area contributed by atoms with Gasteiger partial charge in [-0.3, -0.25) is 15.1 Å². The first-order chi connectivity index (χ1) is 10.2. The van der Waals surface area contributed by atoms with Gasteiger partial charge < -0.3 is 5.32 Å². The number of fused-ring (bicyclic) bond motifs is 1. The van der Waals surface area contributed by atoms with E-state index in [9.17, 15) is 10.1 Å². The summed E-state index contributed by atoms with van der Waals surface area (Å²) in [5.74, 6) is 0.979. The van der Waals surface area contributed by atoms with Gasteiger partial charge in [0.05, 0.1) is 22.2 Å². The molecule has 1 unspecified atom stereocenters. The normalized spacial score (nSPS) is 17.9. The first-order valence-electron chi connectivity index (χ1n) is 7.00.